The van der Waals surface area contributed by atoms with Crippen molar-refractivity contribution < 1.29 is 14.4 Å². The van der Waals surface area contributed by atoms with Crippen LogP contribution in [0, 0.1) is 0 Å². The number of hydrogen-bond acceptors (Lipinski definition) is 4. The maximum absolute atomic E-state index is 13.1. The average Bonchev–Trinajstić information content (AvgIpc) is 3.29. The number of aromatic nitrogens is 2. The first-order valence-electron chi connectivity index (χ1n) is 12.2. The number of benzene rings is 2. The van der Waals surface area contributed by atoms with E-state index >= 15 is 0 Å². The van der Waals surface area contributed by atoms with Crippen molar-refractivity contribution in [2.75, 3.05) is 13.1 Å². The highest BCUT2D eigenvalue weighted by Gasteiger charge is 2.33. The molecule has 4 aromatic rings. The second-order valence-corrected chi connectivity index (χ2v) is 9.67. The largest absolute Gasteiger partial charge is 0.360 e. The third-order valence-corrected chi connectivity index (χ3v) is 7.13. The maximum Gasteiger partial charge on any atom is 0.255 e. The minimum absolute atomic E-state index is 0.0942. The van der Waals surface area contributed by atoms with Gasteiger partial charge in [0.1, 0.15) is 0 Å². The Kier molecular flexibility index (Phi) is 7.02. The van der Waals surface area contributed by atoms with Crippen molar-refractivity contribution in [2.24, 2.45) is 0 Å². The summed E-state index contributed by atoms with van der Waals surface area (Å²) in [6.07, 6.45) is 3.81. The number of aromatic amines is 1. The summed E-state index contributed by atoms with van der Waals surface area (Å²) in [6, 6.07) is 15.9. The topological polar surface area (TPSA) is 116 Å². The number of fused-ring (bicyclic) bond motifs is 1. The Hall–Kier alpha value is -4.37. The molecule has 9 nitrogen and oxygen atoms in total. The van der Waals surface area contributed by atoms with E-state index < -0.39 is 6.04 Å². The standard InChI is InChI=1S/C28H26ClN5O4/c1-17(35)33-13-11-23(25(16-33)32-28(38)19-7-10-21-22(29)15-30-24(21)14-19)31-27(37)18-5-8-20(9-6-18)34-12-3-2-4-26(34)36/h2-10,12,14-15,23,25,30H,11,13,16H2,1H3,(H,31,37)(H,32,38)/t23-,25+/m1/s1. The Morgan fingerprint density at radius 3 is 2.39 bits per heavy atom. The van der Waals surface area contributed by atoms with Crippen LogP contribution in [0.1, 0.15) is 34.1 Å². The van der Waals surface area contributed by atoms with Crippen molar-refractivity contribution in [3.05, 3.63) is 99.6 Å². The van der Waals surface area contributed by atoms with E-state index in [0.717, 1.165) is 10.9 Å². The van der Waals surface area contributed by atoms with Gasteiger partial charge in [-0.1, -0.05) is 23.7 Å². The summed E-state index contributed by atoms with van der Waals surface area (Å²) in [7, 11) is 0. The summed E-state index contributed by atoms with van der Waals surface area (Å²) in [4.78, 5) is 55.1. The first-order chi connectivity index (χ1) is 18.3. The van der Waals surface area contributed by atoms with Crippen molar-refractivity contribution >= 4 is 40.2 Å². The molecular formula is C28H26ClN5O4. The van der Waals surface area contributed by atoms with Gasteiger partial charge in [0.2, 0.25) is 5.91 Å². The monoisotopic (exact) mass is 531 g/mol. The molecule has 1 aliphatic rings. The SMILES string of the molecule is CC(=O)N1CC[C@@H](NC(=O)c2ccc(-n3ccccc3=O)cc2)[C@@H](NC(=O)c2ccc3c(Cl)c[nH]c3c2)C1. The molecule has 5 rings (SSSR count). The van der Waals surface area contributed by atoms with Crippen molar-refractivity contribution in [3.8, 4) is 5.69 Å². The molecule has 0 unspecified atom stereocenters. The first kappa shape index (κ1) is 25.3. The molecule has 0 aliphatic carbocycles. The average molecular weight is 532 g/mol. The van der Waals surface area contributed by atoms with E-state index in [4.69, 9.17) is 11.6 Å². The lowest BCUT2D eigenvalue weighted by Gasteiger charge is -2.39. The number of carbonyl (C=O) groups excluding carboxylic acids is 3. The Morgan fingerprint density at radius 2 is 1.66 bits per heavy atom. The van der Waals surface area contributed by atoms with E-state index in [-0.39, 0.29) is 35.9 Å². The van der Waals surface area contributed by atoms with Gasteiger partial charge >= 0.3 is 0 Å². The molecule has 3 N–H and O–H groups in total. The van der Waals surface area contributed by atoms with E-state index in [1.807, 2.05) is 0 Å². The Morgan fingerprint density at radius 1 is 0.947 bits per heavy atom. The Bertz CT molecular complexity index is 1580. The minimum Gasteiger partial charge on any atom is -0.360 e. The van der Waals surface area contributed by atoms with Gasteiger partial charge in [-0.15, -0.1) is 0 Å². The Balaban J connectivity index is 1.32. The molecule has 3 heterocycles. The molecule has 0 radical (unpaired) electrons. The van der Waals surface area contributed by atoms with Crippen LogP contribution < -0.4 is 16.2 Å². The fraction of sp³-hybridized carbons (Fsp3) is 0.214. The zero-order chi connectivity index (χ0) is 26.8. The zero-order valence-corrected chi connectivity index (χ0v) is 21.4. The van der Waals surface area contributed by atoms with Crippen LogP contribution in [-0.4, -0.2) is 57.3 Å². The summed E-state index contributed by atoms with van der Waals surface area (Å²) < 4.78 is 1.49. The molecule has 2 atom stereocenters. The molecule has 1 fully saturated rings. The predicted molar refractivity (Wildman–Crippen MR) is 145 cm³/mol. The molecule has 10 heteroatoms. The zero-order valence-electron chi connectivity index (χ0n) is 20.6. The van der Waals surface area contributed by atoms with Crippen molar-refractivity contribution in [3.63, 3.8) is 0 Å². The van der Waals surface area contributed by atoms with E-state index in [2.05, 4.69) is 15.6 Å². The summed E-state index contributed by atoms with van der Waals surface area (Å²) in [6.45, 7) is 2.23. The van der Waals surface area contributed by atoms with Gasteiger partial charge in [-0.25, -0.2) is 0 Å². The number of halogens is 1. The molecule has 2 aromatic heterocycles. The predicted octanol–water partition coefficient (Wildman–Crippen LogP) is 3.12. The molecule has 0 spiro atoms. The second kappa shape index (κ2) is 10.5. The molecule has 3 amide bonds. The molecule has 1 saturated heterocycles. The van der Waals surface area contributed by atoms with E-state index in [0.29, 0.717) is 34.8 Å². The summed E-state index contributed by atoms with van der Waals surface area (Å²) in [5.74, 6) is -0.715. The number of hydrogen-bond donors (Lipinski definition) is 3. The van der Waals surface area contributed by atoms with E-state index in [9.17, 15) is 19.2 Å². The third kappa shape index (κ3) is 5.19. The quantitative estimate of drug-likeness (QED) is 0.367. The summed E-state index contributed by atoms with van der Waals surface area (Å²) in [5.41, 5.74) is 2.08. The fourth-order valence-electron chi connectivity index (χ4n) is 4.71. The molecule has 194 valence electrons. The van der Waals surface area contributed by atoms with Crippen molar-refractivity contribution in [1.82, 2.24) is 25.1 Å². The number of nitrogens with zero attached hydrogens (tertiary/aromatic N) is 2. The van der Waals surface area contributed by atoms with Crippen molar-refractivity contribution in [2.45, 2.75) is 25.4 Å². The van der Waals surface area contributed by atoms with Crippen LogP contribution in [0.4, 0.5) is 0 Å². The van der Waals surface area contributed by atoms with Crippen LogP contribution in [0.5, 0.6) is 0 Å². The van der Waals surface area contributed by atoms with Crippen LogP contribution in [0.3, 0.4) is 0 Å². The van der Waals surface area contributed by atoms with Crippen LogP contribution in [0.15, 0.2) is 77.9 Å². The smallest absolute Gasteiger partial charge is 0.255 e. The number of amides is 3. The summed E-state index contributed by atoms with van der Waals surface area (Å²) >= 11 is 6.15. The van der Waals surface area contributed by atoms with E-state index in [1.165, 1.54) is 17.6 Å². The highest BCUT2D eigenvalue weighted by Crippen LogP contribution is 2.24. The van der Waals surface area contributed by atoms with Gasteiger partial charge in [-0.05, 0) is 48.9 Å². The van der Waals surface area contributed by atoms with Crippen LogP contribution in [0.25, 0.3) is 16.6 Å². The molecule has 2 aromatic carbocycles. The maximum atomic E-state index is 13.1. The number of pyridine rings is 1. The van der Waals surface area contributed by atoms with Gasteiger partial charge in [0.05, 0.1) is 17.1 Å². The second-order valence-electron chi connectivity index (χ2n) is 9.27. The highest BCUT2D eigenvalue weighted by molar-refractivity contribution is 6.35. The molecule has 0 saturated carbocycles. The lowest BCUT2D eigenvalue weighted by molar-refractivity contribution is -0.130. The van der Waals surface area contributed by atoms with Gasteiger partial charge in [-0.3, -0.25) is 23.7 Å². The lowest BCUT2D eigenvalue weighted by Crippen LogP contribution is -2.61. The van der Waals surface area contributed by atoms with Crippen molar-refractivity contribution in [1.29, 1.82) is 0 Å². The van der Waals surface area contributed by atoms with Crippen LogP contribution in [0.2, 0.25) is 5.02 Å². The van der Waals surface area contributed by atoms with Crippen LogP contribution >= 0.6 is 11.6 Å². The number of nitrogens with one attached hydrogen (secondary N) is 3. The first-order valence-corrected chi connectivity index (χ1v) is 12.6. The molecule has 38 heavy (non-hydrogen) atoms. The molecule has 0 bridgehead atoms. The van der Waals surface area contributed by atoms with Gasteiger partial charge in [0, 0.05) is 66.2 Å². The van der Waals surface area contributed by atoms with Crippen LogP contribution in [-0.2, 0) is 4.79 Å². The van der Waals surface area contributed by atoms with E-state index in [1.54, 1.807) is 71.9 Å². The number of likely N-dealkylation sites (tertiary alicyclic amines) is 1. The van der Waals surface area contributed by atoms with Gasteiger partial charge in [0.15, 0.2) is 0 Å². The molecular weight excluding hydrogens is 506 g/mol. The number of carbonyl (C=O) groups is 3. The summed E-state index contributed by atoms with van der Waals surface area (Å²) in [5, 5.41) is 7.41. The number of piperidine rings is 1. The number of H-pyrrole nitrogens is 1. The lowest BCUT2D eigenvalue weighted by atomic mass is 9.97. The van der Waals surface area contributed by atoms with Gasteiger partial charge < -0.3 is 20.5 Å². The highest BCUT2D eigenvalue weighted by atomic mass is 35.5. The number of rotatable bonds is 5. The molecule has 1 aliphatic heterocycles. The Labute approximate surface area is 223 Å². The third-order valence-electron chi connectivity index (χ3n) is 6.81. The normalized spacial score (nSPS) is 17.3. The minimum atomic E-state index is -0.491. The fourth-order valence-corrected chi connectivity index (χ4v) is 4.93. The van der Waals surface area contributed by atoms with Gasteiger partial charge in [-0.2, -0.15) is 0 Å². The van der Waals surface area contributed by atoms with Gasteiger partial charge in [0.25, 0.3) is 17.4 Å².